The van der Waals surface area contributed by atoms with Crippen molar-refractivity contribution in [3.8, 4) is 5.75 Å². The number of rotatable bonds is 7. The van der Waals surface area contributed by atoms with E-state index >= 15 is 0 Å². The number of nitrogens with zero attached hydrogens (tertiary/aromatic N) is 1. The van der Waals surface area contributed by atoms with Gasteiger partial charge < -0.3 is 14.6 Å². The Labute approximate surface area is 123 Å². The Hall–Kier alpha value is -0.860. The first-order valence-electron chi connectivity index (χ1n) is 5.81. The van der Waals surface area contributed by atoms with E-state index in [9.17, 15) is 13.5 Å². The van der Waals surface area contributed by atoms with E-state index in [-0.39, 0.29) is 35.4 Å². The lowest BCUT2D eigenvalue weighted by Crippen LogP contribution is -2.30. The Kier molecular flexibility index (Phi) is 6.22. The summed E-state index contributed by atoms with van der Waals surface area (Å²) in [6.07, 6.45) is 0. The zero-order valence-electron chi connectivity index (χ0n) is 11.6. The minimum atomic E-state index is -3.78. The van der Waals surface area contributed by atoms with Crippen LogP contribution in [0.25, 0.3) is 0 Å². The molecule has 0 radical (unpaired) electrons. The molecule has 1 aromatic carbocycles. The van der Waals surface area contributed by atoms with Crippen molar-refractivity contribution in [2.45, 2.75) is 11.5 Å². The van der Waals surface area contributed by atoms with Gasteiger partial charge in [-0.15, -0.1) is 0 Å². The monoisotopic (exact) mass is 323 g/mol. The number of halogens is 1. The van der Waals surface area contributed by atoms with Gasteiger partial charge in [-0.2, -0.15) is 4.31 Å². The van der Waals surface area contributed by atoms with Crippen LogP contribution in [0, 0.1) is 0 Å². The van der Waals surface area contributed by atoms with Crippen LogP contribution in [0.4, 0.5) is 0 Å². The van der Waals surface area contributed by atoms with Gasteiger partial charge in [-0.05, 0) is 12.1 Å². The molecule has 0 saturated carbocycles. The van der Waals surface area contributed by atoms with Gasteiger partial charge in [-0.3, -0.25) is 0 Å². The molecule has 1 rings (SSSR count). The first-order chi connectivity index (χ1) is 9.38. The molecular formula is C12H18ClNO5S. The molecular weight excluding hydrogens is 306 g/mol. The van der Waals surface area contributed by atoms with Crippen LogP contribution in [0.3, 0.4) is 0 Å². The van der Waals surface area contributed by atoms with Gasteiger partial charge in [-0.1, -0.05) is 11.6 Å². The van der Waals surface area contributed by atoms with Crippen molar-refractivity contribution >= 4 is 21.6 Å². The lowest BCUT2D eigenvalue weighted by Gasteiger charge is -2.20. The normalized spacial score (nSPS) is 11.9. The maximum Gasteiger partial charge on any atom is 0.246 e. The SMILES string of the molecule is COCCN(C)S(=O)(=O)c1cc(Cl)cc(CO)c1OC. The fourth-order valence-corrected chi connectivity index (χ4v) is 3.35. The third kappa shape index (κ3) is 3.62. The number of aliphatic hydroxyl groups excluding tert-OH is 1. The summed E-state index contributed by atoms with van der Waals surface area (Å²) in [6, 6.07) is 2.77. The van der Waals surface area contributed by atoms with Crippen LogP contribution in [-0.4, -0.2) is 52.2 Å². The Morgan fingerprint density at radius 1 is 1.35 bits per heavy atom. The predicted octanol–water partition coefficient (Wildman–Crippen LogP) is 1.11. The molecule has 0 amide bonds. The molecule has 0 aromatic heterocycles. The number of hydrogen-bond acceptors (Lipinski definition) is 5. The van der Waals surface area contributed by atoms with Crippen molar-refractivity contribution in [2.75, 3.05) is 34.4 Å². The second-order valence-electron chi connectivity index (χ2n) is 4.07. The molecule has 1 N–H and O–H groups in total. The van der Waals surface area contributed by atoms with E-state index in [2.05, 4.69) is 0 Å². The lowest BCUT2D eigenvalue weighted by atomic mass is 10.2. The zero-order chi connectivity index (χ0) is 15.3. The topological polar surface area (TPSA) is 76.1 Å². The number of benzene rings is 1. The Bertz CT molecular complexity index is 561. The van der Waals surface area contributed by atoms with Gasteiger partial charge in [0, 0.05) is 31.3 Å². The van der Waals surface area contributed by atoms with Crippen LogP contribution in [0.2, 0.25) is 5.02 Å². The van der Waals surface area contributed by atoms with E-state index in [4.69, 9.17) is 21.1 Å². The third-order valence-corrected chi connectivity index (χ3v) is 4.85. The molecule has 114 valence electrons. The Morgan fingerprint density at radius 2 is 2.00 bits per heavy atom. The van der Waals surface area contributed by atoms with Gasteiger partial charge in [0.05, 0.1) is 20.3 Å². The summed E-state index contributed by atoms with van der Waals surface area (Å²) in [5, 5.41) is 9.49. The van der Waals surface area contributed by atoms with E-state index < -0.39 is 10.0 Å². The van der Waals surface area contributed by atoms with Gasteiger partial charge in [0.2, 0.25) is 10.0 Å². The summed E-state index contributed by atoms with van der Waals surface area (Å²) in [5.74, 6) is 0.0983. The largest absolute Gasteiger partial charge is 0.495 e. The quantitative estimate of drug-likeness (QED) is 0.813. The first-order valence-corrected chi connectivity index (χ1v) is 7.62. The zero-order valence-corrected chi connectivity index (χ0v) is 13.2. The van der Waals surface area contributed by atoms with E-state index in [1.807, 2.05) is 0 Å². The van der Waals surface area contributed by atoms with E-state index in [1.54, 1.807) is 0 Å². The minimum absolute atomic E-state index is 0.0739. The van der Waals surface area contributed by atoms with E-state index in [0.29, 0.717) is 5.56 Å². The smallest absolute Gasteiger partial charge is 0.246 e. The number of ether oxygens (including phenoxy) is 2. The molecule has 0 aliphatic heterocycles. The molecule has 8 heteroatoms. The molecule has 0 fully saturated rings. The molecule has 20 heavy (non-hydrogen) atoms. The first kappa shape index (κ1) is 17.2. The van der Waals surface area contributed by atoms with Crippen LogP contribution < -0.4 is 4.74 Å². The van der Waals surface area contributed by atoms with Gasteiger partial charge in [0.25, 0.3) is 0 Å². The van der Waals surface area contributed by atoms with Crippen LogP contribution in [0.1, 0.15) is 5.56 Å². The summed E-state index contributed by atoms with van der Waals surface area (Å²) < 4.78 is 36.1. The second kappa shape index (κ2) is 7.24. The molecule has 0 atom stereocenters. The van der Waals surface area contributed by atoms with Crippen molar-refractivity contribution in [3.05, 3.63) is 22.7 Å². The van der Waals surface area contributed by atoms with E-state index in [1.165, 1.54) is 33.4 Å². The summed E-state index contributed by atoms with van der Waals surface area (Å²) >= 11 is 5.90. The summed E-state index contributed by atoms with van der Waals surface area (Å²) in [6.45, 7) is 0.0997. The van der Waals surface area contributed by atoms with Crippen molar-refractivity contribution in [1.82, 2.24) is 4.31 Å². The maximum atomic E-state index is 12.5. The minimum Gasteiger partial charge on any atom is -0.495 e. The fourth-order valence-electron chi connectivity index (χ4n) is 1.67. The number of hydrogen-bond donors (Lipinski definition) is 1. The molecule has 6 nitrogen and oxygen atoms in total. The highest BCUT2D eigenvalue weighted by atomic mass is 35.5. The summed E-state index contributed by atoms with van der Waals surface area (Å²) in [4.78, 5) is -0.0739. The van der Waals surface area contributed by atoms with Crippen LogP contribution in [0.5, 0.6) is 5.75 Å². The van der Waals surface area contributed by atoms with Crippen molar-refractivity contribution in [1.29, 1.82) is 0 Å². The molecule has 0 aliphatic carbocycles. The average Bonchev–Trinajstić information content (AvgIpc) is 2.43. The molecule has 0 bridgehead atoms. The second-order valence-corrected chi connectivity index (χ2v) is 6.52. The summed E-state index contributed by atoms with van der Waals surface area (Å²) in [5.41, 5.74) is 0.318. The highest BCUT2D eigenvalue weighted by molar-refractivity contribution is 7.89. The Morgan fingerprint density at radius 3 is 2.50 bits per heavy atom. The summed E-state index contributed by atoms with van der Waals surface area (Å²) in [7, 11) is 0.496. The van der Waals surface area contributed by atoms with Gasteiger partial charge in [0.15, 0.2) is 0 Å². The third-order valence-electron chi connectivity index (χ3n) is 2.77. The molecule has 0 aliphatic rings. The van der Waals surface area contributed by atoms with Gasteiger partial charge in [-0.25, -0.2) is 8.42 Å². The molecule has 0 unspecified atom stereocenters. The molecule has 0 spiro atoms. The predicted molar refractivity (Wildman–Crippen MR) is 75.6 cm³/mol. The molecule has 0 saturated heterocycles. The van der Waals surface area contributed by atoms with Crippen LogP contribution in [-0.2, 0) is 21.4 Å². The van der Waals surface area contributed by atoms with Gasteiger partial charge in [0.1, 0.15) is 10.6 Å². The lowest BCUT2D eigenvalue weighted by molar-refractivity contribution is 0.185. The van der Waals surface area contributed by atoms with Crippen LogP contribution >= 0.6 is 11.6 Å². The van der Waals surface area contributed by atoms with E-state index in [0.717, 1.165) is 4.31 Å². The number of sulfonamides is 1. The highest BCUT2D eigenvalue weighted by Crippen LogP contribution is 2.33. The Balaban J connectivity index is 3.33. The average molecular weight is 324 g/mol. The fraction of sp³-hybridized carbons (Fsp3) is 0.500. The van der Waals surface area contributed by atoms with Crippen LogP contribution in [0.15, 0.2) is 17.0 Å². The van der Waals surface area contributed by atoms with Gasteiger partial charge >= 0.3 is 0 Å². The number of likely N-dealkylation sites (N-methyl/N-ethyl adjacent to an activating group) is 1. The standard InChI is InChI=1S/C12H18ClNO5S/c1-14(4-5-18-2)20(16,17)11-7-10(13)6-9(8-15)12(11)19-3/h6-7,15H,4-5,8H2,1-3H3. The molecule has 0 heterocycles. The number of aliphatic hydroxyl groups is 1. The number of methoxy groups -OCH3 is 2. The van der Waals surface area contributed by atoms with Crippen molar-refractivity contribution in [3.63, 3.8) is 0 Å². The molecule has 1 aromatic rings. The maximum absolute atomic E-state index is 12.5. The highest BCUT2D eigenvalue weighted by Gasteiger charge is 2.26. The van der Waals surface area contributed by atoms with Crippen molar-refractivity contribution < 1.29 is 23.0 Å². The van der Waals surface area contributed by atoms with Crippen molar-refractivity contribution in [2.24, 2.45) is 0 Å².